The minimum atomic E-state index is -3.67. The summed E-state index contributed by atoms with van der Waals surface area (Å²) in [6.07, 6.45) is 1.65. The van der Waals surface area contributed by atoms with Crippen LogP contribution in [0, 0.1) is 5.82 Å². The molecule has 0 saturated carbocycles. The van der Waals surface area contributed by atoms with E-state index in [0.29, 0.717) is 35.7 Å². The predicted octanol–water partition coefficient (Wildman–Crippen LogP) is 3.78. The fourth-order valence-electron chi connectivity index (χ4n) is 3.42. The number of hydrogen-bond donors (Lipinski definition) is 1. The number of halogens is 1. The summed E-state index contributed by atoms with van der Waals surface area (Å²) in [4.78, 5) is 12.5. The van der Waals surface area contributed by atoms with Gasteiger partial charge < -0.3 is 14.8 Å². The number of nitrogens with zero attached hydrogens (tertiary/aromatic N) is 1. The molecular formula is C25H27FN2O5S. The van der Waals surface area contributed by atoms with Crippen LogP contribution in [0.5, 0.6) is 11.5 Å². The number of sulfonamides is 1. The van der Waals surface area contributed by atoms with E-state index in [1.165, 1.54) is 24.3 Å². The molecule has 0 aliphatic heterocycles. The number of rotatable bonds is 10. The first-order chi connectivity index (χ1) is 16.2. The van der Waals surface area contributed by atoms with Gasteiger partial charge in [0.25, 0.3) is 5.91 Å². The van der Waals surface area contributed by atoms with Crippen LogP contribution in [0.2, 0.25) is 0 Å². The van der Waals surface area contributed by atoms with Crippen molar-refractivity contribution >= 4 is 21.6 Å². The number of carbonyl (C=O) groups excluding carboxylic acids is 1. The Hall–Kier alpha value is -3.59. The fraction of sp³-hybridized carbons (Fsp3) is 0.240. The van der Waals surface area contributed by atoms with Gasteiger partial charge in [-0.2, -0.15) is 0 Å². The average Bonchev–Trinajstić information content (AvgIpc) is 2.82. The molecule has 9 heteroatoms. The van der Waals surface area contributed by atoms with Crippen LogP contribution in [0.25, 0.3) is 0 Å². The highest BCUT2D eigenvalue weighted by Gasteiger charge is 2.20. The molecule has 3 aromatic rings. The Bertz CT molecular complexity index is 1250. The fourth-order valence-corrected chi connectivity index (χ4v) is 4.30. The molecule has 34 heavy (non-hydrogen) atoms. The number of methoxy groups -OCH3 is 2. The van der Waals surface area contributed by atoms with Crippen molar-refractivity contribution in [1.29, 1.82) is 0 Å². The lowest BCUT2D eigenvalue weighted by Crippen LogP contribution is -2.30. The second-order valence-corrected chi connectivity index (χ2v) is 9.51. The van der Waals surface area contributed by atoms with Crippen LogP contribution >= 0.6 is 0 Å². The van der Waals surface area contributed by atoms with E-state index in [1.54, 1.807) is 38.5 Å². The molecule has 0 saturated heterocycles. The van der Waals surface area contributed by atoms with Gasteiger partial charge in [-0.25, -0.2) is 12.8 Å². The van der Waals surface area contributed by atoms with Crippen LogP contribution in [0.15, 0.2) is 66.7 Å². The van der Waals surface area contributed by atoms with Crippen LogP contribution in [0.1, 0.15) is 21.5 Å². The average molecular weight is 487 g/mol. The Balaban J connectivity index is 1.65. The summed E-state index contributed by atoms with van der Waals surface area (Å²) in [5, 5.41) is 2.85. The quantitative estimate of drug-likeness (QED) is 0.472. The van der Waals surface area contributed by atoms with Crippen LogP contribution < -0.4 is 19.1 Å². The van der Waals surface area contributed by atoms with Crippen molar-refractivity contribution in [2.24, 2.45) is 0 Å². The van der Waals surface area contributed by atoms with Gasteiger partial charge in [0.15, 0.2) is 11.5 Å². The standard InChI is InChI=1S/C25H27FN2O5S/c1-32-23-13-8-18(16-24(23)33-2)14-15-27-25(29)19-9-11-21(12-10-19)28(34(3,30)31)17-20-6-4-5-7-22(20)26/h4-13,16H,14-15,17H2,1-3H3,(H,27,29). The summed E-state index contributed by atoms with van der Waals surface area (Å²) in [6.45, 7) is 0.251. The van der Waals surface area contributed by atoms with Crippen molar-refractivity contribution in [1.82, 2.24) is 5.32 Å². The first-order valence-corrected chi connectivity index (χ1v) is 12.4. The van der Waals surface area contributed by atoms with Crippen molar-refractivity contribution in [3.63, 3.8) is 0 Å². The third-order valence-electron chi connectivity index (χ3n) is 5.24. The van der Waals surface area contributed by atoms with Gasteiger partial charge in [0, 0.05) is 17.7 Å². The van der Waals surface area contributed by atoms with E-state index in [0.717, 1.165) is 16.1 Å². The number of ether oxygens (including phenoxy) is 2. The lowest BCUT2D eigenvalue weighted by molar-refractivity contribution is 0.0954. The Morgan fingerprint density at radius 2 is 1.65 bits per heavy atom. The molecule has 0 atom stereocenters. The number of carbonyl (C=O) groups is 1. The van der Waals surface area contributed by atoms with Gasteiger partial charge in [-0.3, -0.25) is 9.10 Å². The minimum absolute atomic E-state index is 0.150. The summed E-state index contributed by atoms with van der Waals surface area (Å²) in [7, 11) is -0.543. The maximum absolute atomic E-state index is 14.1. The molecule has 7 nitrogen and oxygen atoms in total. The first-order valence-electron chi connectivity index (χ1n) is 10.5. The van der Waals surface area contributed by atoms with E-state index >= 15 is 0 Å². The molecule has 0 bridgehead atoms. The van der Waals surface area contributed by atoms with E-state index in [-0.39, 0.29) is 18.0 Å². The molecule has 3 aromatic carbocycles. The zero-order valence-electron chi connectivity index (χ0n) is 19.2. The first kappa shape index (κ1) is 25.0. The van der Waals surface area contributed by atoms with Crippen molar-refractivity contribution in [2.75, 3.05) is 31.3 Å². The zero-order chi connectivity index (χ0) is 24.7. The van der Waals surface area contributed by atoms with E-state index in [1.807, 2.05) is 18.2 Å². The van der Waals surface area contributed by atoms with Crippen molar-refractivity contribution in [2.45, 2.75) is 13.0 Å². The highest BCUT2D eigenvalue weighted by atomic mass is 32.2. The highest BCUT2D eigenvalue weighted by molar-refractivity contribution is 7.92. The molecule has 0 radical (unpaired) electrons. The second-order valence-electron chi connectivity index (χ2n) is 7.60. The topological polar surface area (TPSA) is 84.9 Å². The summed E-state index contributed by atoms with van der Waals surface area (Å²) < 4.78 is 50.3. The maximum atomic E-state index is 14.1. The van der Waals surface area contributed by atoms with Gasteiger partial charge in [-0.15, -0.1) is 0 Å². The normalized spacial score (nSPS) is 11.1. The van der Waals surface area contributed by atoms with E-state index in [9.17, 15) is 17.6 Å². The summed E-state index contributed by atoms with van der Waals surface area (Å²) >= 11 is 0. The van der Waals surface area contributed by atoms with Crippen LogP contribution in [-0.2, 0) is 23.0 Å². The number of hydrogen-bond acceptors (Lipinski definition) is 5. The predicted molar refractivity (Wildman–Crippen MR) is 129 cm³/mol. The van der Waals surface area contributed by atoms with Gasteiger partial charge in [0.05, 0.1) is 32.7 Å². The van der Waals surface area contributed by atoms with E-state index in [4.69, 9.17) is 9.47 Å². The largest absolute Gasteiger partial charge is 0.493 e. The zero-order valence-corrected chi connectivity index (χ0v) is 20.1. The van der Waals surface area contributed by atoms with E-state index in [2.05, 4.69) is 5.32 Å². The monoisotopic (exact) mass is 486 g/mol. The van der Waals surface area contributed by atoms with Gasteiger partial charge in [0.2, 0.25) is 10.0 Å². The van der Waals surface area contributed by atoms with Gasteiger partial charge in [0.1, 0.15) is 5.82 Å². The van der Waals surface area contributed by atoms with Gasteiger partial charge >= 0.3 is 0 Å². The Morgan fingerprint density at radius 3 is 2.26 bits per heavy atom. The number of benzene rings is 3. The van der Waals surface area contributed by atoms with Gasteiger partial charge in [-0.05, 0) is 54.4 Å². The molecule has 1 N–H and O–H groups in total. The van der Waals surface area contributed by atoms with Crippen LogP contribution in [0.3, 0.4) is 0 Å². The number of anilines is 1. The molecule has 0 unspecified atom stereocenters. The third-order valence-corrected chi connectivity index (χ3v) is 6.38. The molecule has 180 valence electrons. The SMILES string of the molecule is COc1ccc(CCNC(=O)c2ccc(N(Cc3ccccc3F)S(C)(=O)=O)cc2)cc1OC. The Kier molecular flexibility index (Phi) is 8.12. The second kappa shape index (κ2) is 11.0. The minimum Gasteiger partial charge on any atom is -0.493 e. The van der Waals surface area contributed by atoms with Crippen LogP contribution in [-0.4, -0.2) is 41.3 Å². The summed E-state index contributed by atoms with van der Waals surface area (Å²) in [5.74, 6) is 0.481. The smallest absolute Gasteiger partial charge is 0.251 e. The lowest BCUT2D eigenvalue weighted by atomic mass is 10.1. The molecule has 3 rings (SSSR count). The third kappa shape index (κ3) is 6.26. The summed E-state index contributed by atoms with van der Waals surface area (Å²) in [6, 6.07) is 17.7. The number of amides is 1. The maximum Gasteiger partial charge on any atom is 0.251 e. The van der Waals surface area contributed by atoms with Crippen LogP contribution in [0.4, 0.5) is 10.1 Å². The highest BCUT2D eigenvalue weighted by Crippen LogP contribution is 2.27. The van der Waals surface area contributed by atoms with Gasteiger partial charge in [-0.1, -0.05) is 24.3 Å². The lowest BCUT2D eigenvalue weighted by Gasteiger charge is -2.23. The van der Waals surface area contributed by atoms with Crippen molar-refractivity contribution < 1.29 is 27.1 Å². The molecule has 0 spiro atoms. The van der Waals surface area contributed by atoms with Crippen molar-refractivity contribution in [3.8, 4) is 11.5 Å². The van der Waals surface area contributed by atoms with Crippen molar-refractivity contribution in [3.05, 3.63) is 89.2 Å². The summed E-state index contributed by atoms with van der Waals surface area (Å²) in [5.41, 5.74) is 1.96. The molecular weight excluding hydrogens is 459 g/mol. The van der Waals surface area contributed by atoms with E-state index < -0.39 is 15.8 Å². The number of nitrogens with one attached hydrogen (secondary N) is 1. The molecule has 0 fully saturated rings. The Morgan fingerprint density at radius 1 is 0.971 bits per heavy atom. The molecule has 0 aromatic heterocycles. The molecule has 0 aliphatic rings. The molecule has 1 amide bonds. The molecule has 0 aliphatic carbocycles. The molecule has 0 heterocycles. The Labute approximate surface area is 199 Å².